The summed E-state index contributed by atoms with van der Waals surface area (Å²) >= 11 is 5.63. The normalized spacial score (nSPS) is 14.2. The van der Waals surface area contributed by atoms with Gasteiger partial charge in [0.15, 0.2) is 0 Å². The van der Waals surface area contributed by atoms with E-state index in [1.807, 2.05) is 37.3 Å². The molecule has 0 aromatic heterocycles. The first-order chi connectivity index (χ1) is 8.61. The average Bonchev–Trinajstić information content (AvgIpc) is 2.37. The molecule has 0 saturated carbocycles. The van der Waals surface area contributed by atoms with Gasteiger partial charge in [0.2, 0.25) is 0 Å². The summed E-state index contributed by atoms with van der Waals surface area (Å²) in [5.74, 6) is 0.399. The number of alkyl halides is 1. The second-order valence-corrected chi connectivity index (χ2v) is 4.85. The lowest BCUT2D eigenvalue weighted by molar-refractivity contribution is 0.0150. The van der Waals surface area contributed by atoms with E-state index in [2.05, 4.69) is 6.58 Å². The minimum Gasteiger partial charge on any atom is -0.393 e. The summed E-state index contributed by atoms with van der Waals surface area (Å²) in [6.45, 7) is 6.32. The van der Waals surface area contributed by atoms with Gasteiger partial charge in [0.1, 0.15) is 0 Å². The molecule has 3 heteroatoms. The van der Waals surface area contributed by atoms with Gasteiger partial charge >= 0.3 is 0 Å². The molecule has 1 aromatic carbocycles. The Morgan fingerprint density at radius 3 is 2.67 bits per heavy atom. The number of hydrogen-bond donors (Lipinski definition) is 1. The van der Waals surface area contributed by atoms with Crippen molar-refractivity contribution in [2.24, 2.45) is 0 Å². The Balaban J connectivity index is 2.25. The monoisotopic (exact) mass is 268 g/mol. The molecule has 2 atom stereocenters. The van der Waals surface area contributed by atoms with Gasteiger partial charge in [0.25, 0.3) is 0 Å². The Kier molecular flexibility index (Phi) is 7.02. The smallest absolute Gasteiger partial charge is 0.0720 e. The molecule has 0 fully saturated rings. The van der Waals surface area contributed by atoms with Crippen molar-refractivity contribution in [2.45, 2.75) is 38.6 Å². The summed E-state index contributed by atoms with van der Waals surface area (Å²) in [5.41, 5.74) is 2.00. The van der Waals surface area contributed by atoms with Crippen LogP contribution < -0.4 is 0 Å². The maximum atomic E-state index is 9.82. The van der Waals surface area contributed by atoms with Crippen LogP contribution in [0.2, 0.25) is 0 Å². The van der Waals surface area contributed by atoms with E-state index in [1.165, 1.54) is 0 Å². The summed E-state index contributed by atoms with van der Waals surface area (Å²) in [6.07, 6.45) is 0.732. The number of halogens is 1. The van der Waals surface area contributed by atoms with Crippen molar-refractivity contribution in [1.29, 1.82) is 0 Å². The van der Waals surface area contributed by atoms with Crippen LogP contribution in [0.15, 0.2) is 42.5 Å². The van der Waals surface area contributed by atoms with Gasteiger partial charge in [0, 0.05) is 5.88 Å². The van der Waals surface area contributed by atoms with E-state index in [0.29, 0.717) is 25.3 Å². The van der Waals surface area contributed by atoms with Gasteiger partial charge in [-0.05, 0) is 25.3 Å². The van der Waals surface area contributed by atoms with Crippen molar-refractivity contribution in [2.75, 3.05) is 5.88 Å². The molecule has 1 aromatic rings. The first-order valence-electron chi connectivity index (χ1n) is 6.18. The third-order valence-electron chi connectivity index (χ3n) is 2.69. The Labute approximate surface area is 114 Å². The molecule has 2 nitrogen and oxygen atoms in total. The molecule has 0 radical (unpaired) electrons. The minimum absolute atomic E-state index is 0.0170. The van der Waals surface area contributed by atoms with Crippen LogP contribution in [-0.2, 0) is 11.3 Å². The number of ether oxygens (including phenoxy) is 1. The Morgan fingerprint density at radius 1 is 1.39 bits per heavy atom. The van der Waals surface area contributed by atoms with Crippen molar-refractivity contribution in [1.82, 2.24) is 0 Å². The molecular weight excluding hydrogens is 248 g/mol. The molecule has 1 rings (SSSR count). The first kappa shape index (κ1) is 15.2. The molecule has 18 heavy (non-hydrogen) atoms. The van der Waals surface area contributed by atoms with Crippen molar-refractivity contribution in [3.63, 3.8) is 0 Å². The van der Waals surface area contributed by atoms with Gasteiger partial charge in [-0.1, -0.05) is 42.5 Å². The SMILES string of the molecule is C=C(CCl)C[C@H](O)C[C@H](C)OCc1ccccc1. The Hall–Kier alpha value is -0.830. The molecule has 1 N–H and O–H groups in total. The minimum atomic E-state index is -0.429. The number of aliphatic hydroxyl groups is 1. The number of hydrogen-bond acceptors (Lipinski definition) is 2. The third-order valence-corrected chi connectivity index (χ3v) is 3.07. The maximum Gasteiger partial charge on any atom is 0.0720 e. The molecule has 100 valence electrons. The zero-order valence-electron chi connectivity index (χ0n) is 10.8. The van der Waals surface area contributed by atoms with Crippen LogP contribution in [0.1, 0.15) is 25.3 Å². The standard InChI is InChI=1S/C15H21ClO2/c1-12(10-16)8-15(17)9-13(2)18-11-14-6-4-3-5-7-14/h3-7,13,15,17H,1,8-11H2,2H3/t13-,15-/m0/s1. The van der Waals surface area contributed by atoms with E-state index in [9.17, 15) is 5.11 Å². The molecule has 0 saturated heterocycles. The van der Waals surface area contributed by atoms with E-state index in [-0.39, 0.29) is 6.10 Å². The fourth-order valence-electron chi connectivity index (χ4n) is 1.74. The van der Waals surface area contributed by atoms with E-state index in [0.717, 1.165) is 11.1 Å². The van der Waals surface area contributed by atoms with Gasteiger partial charge in [-0.3, -0.25) is 0 Å². The molecular formula is C15H21ClO2. The highest BCUT2D eigenvalue weighted by atomic mass is 35.5. The van der Waals surface area contributed by atoms with Crippen LogP contribution in [-0.4, -0.2) is 23.2 Å². The van der Waals surface area contributed by atoms with Crippen molar-refractivity contribution < 1.29 is 9.84 Å². The molecule has 0 aliphatic carbocycles. The quantitative estimate of drug-likeness (QED) is 0.577. The summed E-state index contributed by atoms with van der Waals surface area (Å²) in [6, 6.07) is 10.0. The summed E-state index contributed by atoms with van der Waals surface area (Å²) in [7, 11) is 0. The molecule has 0 aliphatic heterocycles. The van der Waals surface area contributed by atoms with Gasteiger partial charge in [-0.2, -0.15) is 0 Å². The van der Waals surface area contributed by atoms with E-state index < -0.39 is 6.10 Å². The highest BCUT2D eigenvalue weighted by molar-refractivity contribution is 6.19. The Bertz CT molecular complexity index is 351. The molecule has 0 spiro atoms. The van der Waals surface area contributed by atoms with Gasteiger partial charge in [0.05, 0.1) is 18.8 Å². The van der Waals surface area contributed by atoms with Crippen molar-refractivity contribution >= 4 is 11.6 Å². The predicted molar refractivity (Wildman–Crippen MR) is 75.8 cm³/mol. The summed E-state index contributed by atoms with van der Waals surface area (Å²) < 4.78 is 5.69. The number of rotatable bonds is 8. The van der Waals surface area contributed by atoms with E-state index in [1.54, 1.807) is 0 Å². The largest absolute Gasteiger partial charge is 0.393 e. The van der Waals surface area contributed by atoms with Crippen molar-refractivity contribution in [3.8, 4) is 0 Å². The lowest BCUT2D eigenvalue weighted by atomic mass is 10.1. The van der Waals surface area contributed by atoms with Crippen LogP contribution in [0.3, 0.4) is 0 Å². The fraction of sp³-hybridized carbons (Fsp3) is 0.467. The summed E-state index contributed by atoms with van der Waals surface area (Å²) in [5, 5.41) is 9.82. The lowest BCUT2D eigenvalue weighted by Gasteiger charge is -2.17. The summed E-state index contributed by atoms with van der Waals surface area (Å²) in [4.78, 5) is 0. The van der Waals surface area contributed by atoms with Crippen LogP contribution in [0, 0.1) is 0 Å². The second-order valence-electron chi connectivity index (χ2n) is 4.58. The lowest BCUT2D eigenvalue weighted by Crippen LogP contribution is -2.18. The highest BCUT2D eigenvalue weighted by Gasteiger charge is 2.11. The highest BCUT2D eigenvalue weighted by Crippen LogP contribution is 2.13. The van der Waals surface area contributed by atoms with Crippen LogP contribution in [0.4, 0.5) is 0 Å². The molecule has 0 bridgehead atoms. The third kappa shape index (κ3) is 6.20. The Morgan fingerprint density at radius 2 is 2.06 bits per heavy atom. The van der Waals surface area contributed by atoms with Crippen LogP contribution >= 0.6 is 11.6 Å². The van der Waals surface area contributed by atoms with Gasteiger partial charge < -0.3 is 9.84 Å². The zero-order chi connectivity index (χ0) is 13.4. The zero-order valence-corrected chi connectivity index (χ0v) is 11.6. The first-order valence-corrected chi connectivity index (χ1v) is 6.71. The number of benzene rings is 1. The average molecular weight is 269 g/mol. The van der Waals surface area contributed by atoms with Gasteiger partial charge in [-0.15, -0.1) is 11.6 Å². The van der Waals surface area contributed by atoms with Crippen LogP contribution in [0.5, 0.6) is 0 Å². The molecule has 0 unspecified atom stereocenters. The van der Waals surface area contributed by atoms with E-state index in [4.69, 9.17) is 16.3 Å². The van der Waals surface area contributed by atoms with Gasteiger partial charge in [-0.25, -0.2) is 0 Å². The second kappa shape index (κ2) is 8.30. The maximum absolute atomic E-state index is 9.82. The topological polar surface area (TPSA) is 29.5 Å². The molecule has 0 amide bonds. The van der Waals surface area contributed by atoms with Crippen molar-refractivity contribution in [3.05, 3.63) is 48.0 Å². The fourth-order valence-corrected chi connectivity index (χ4v) is 1.84. The predicted octanol–water partition coefficient (Wildman–Crippen LogP) is 3.53. The van der Waals surface area contributed by atoms with E-state index >= 15 is 0 Å². The number of aliphatic hydroxyl groups excluding tert-OH is 1. The molecule has 0 heterocycles. The molecule has 0 aliphatic rings. The van der Waals surface area contributed by atoms with Crippen LogP contribution in [0.25, 0.3) is 0 Å².